The molecule has 260 valence electrons. The van der Waals surface area contributed by atoms with Crippen LogP contribution in [-0.4, -0.2) is 103 Å². The number of anilines is 2. The van der Waals surface area contributed by atoms with Gasteiger partial charge in [0.2, 0.25) is 5.91 Å². The van der Waals surface area contributed by atoms with Gasteiger partial charge in [-0.1, -0.05) is 42.8 Å². The molecule has 4 N–H and O–H groups in total. The van der Waals surface area contributed by atoms with Gasteiger partial charge in [-0.05, 0) is 112 Å². The van der Waals surface area contributed by atoms with E-state index in [9.17, 15) is 14.4 Å². The Morgan fingerprint density at radius 3 is 2.27 bits per heavy atom. The van der Waals surface area contributed by atoms with E-state index in [1.54, 1.807) is 4.90 Å². The summed E-state index contributed by atoms with van der Waals surface area (Å²) in [4.78, 5) is 49.1. The number of hydrogen-bond donors (Lipinski definition) is 3. The standard InChI is InChI=1S/C37H52ClN7O3/c1-3-26-22-25(23-31(38)34(26)39)24-33(35(46)43-17-10-28(11-18-43)27-8-15-42(2)16-9-27)41-36(47)44-19-13-30(14-20-44)45-21-12-29-6-4-5-7-32(29)40-37(45)48/h4-7,22-23,27-28,30,33H,3,8-21,24,39H2,1-2H3,(H,40,48)(H,41,47)/t33-/m1/s1. The fourth-order valence-corrected chi connectivity index (χ4v) is 8.52. The second-order valence-corrected chi connectivity index (χ2v) is 14.7. The number of amides is 5. The lowest BCUT2D eigenvalue weighted by molar-refractivity contribution is -0.135. The zero-order valence-corrected chi connectivity index (χ0v) is 29.3. The molecule has 11 heteroatoms. The molecule has 0 bridgehead atoms. The van der Waals surface area contributed by atoms with Gasteiger partial charge in [-0.2, -0.15) is 0 Å². The maximum absolute atomic E-state index is 14.2. The van der Waals surface area contributed by atoms with Crippen molar-refractivity contribution in [3.05, 3.63) is 58.1 Å². The molecule has 10 nitrogen and oxygen atoms in total. The van der Waals surface area contributed by atoms with Gasteiger partial charge in [0.05, 0.1) is 10.7 Å². The number of piperidine rings is 3. The highest BCUT2D eigenvalue weighted by atomic mass is 35.5. The molecule has 4 aliphatic heterocycles. The number of rotatable bonds is 7. The Morgan fingerprint density at radius 2 is 1.58 bits per heavy atom. The van der Waals surface area contributed by atoms with Gasteiger partial charge in [0.25, 0.3) is 0 Å². The van der Waals surface area contributed by atoms with Crippen LogP contribution in [-0.2, 0) is 24.1 Å². The molecule has 48 heavy (non-hydrogen) atoms. The van der Waals surface area contributed by atoms with Crippen molar-refractivity contribution < 1.29 is 14.4 Å². The van der Waals surface area contributed by atoms with Gasteiger partial charge in [0.15, 0.2) is 0 Å². The number of fused-ring (bicyclic) bond motifs is 1. The minimum absolute atomic E-state index is 0.0353. The van der Waals surface area contributed by atoms with Crippen LogP contribution < -0.4 is 16.4 Å². The topological polar surface area (TPSA) is 114 Å². The quantitative estimate of drug-likeness (QED) is 0.347. The molecule has 1 atom stereocenters. The molecule has 4 aliphatic rings. The average molecular weight is 678 g/mol. The van der Waals surface area contributed by atoms with E-state index in [4.69, 9.17) is 17.3 Å². The zero-order chi connectivity index (χ0) is 33.8. The van der Waals surface area contributed by atoms with E-state index in [-0.39, 0.29) is 24.0 Å². The van der Waals surface area contributed by atoms with Crippen molar-refractivity contribution in [2.45, 2.75) is 76.8 Å². The first-order valence-corrected chi connectivity index (χ1v) is 18.3. The lowest BCUT2D eigenvalue weighted by atomic mass is 9.79. The summed E-state index contributed by atoms with van der Waals surface area (Å²) < 4.78 is 0. The molecule has 3 fully saturated rings. The average Bonchev–Trinajstić information content (AvgIpc) is 3.27. The predicted molar refractivity (Wildman–Crippen MR) is 191 cm³/mol. The van der Waals surface area contributed by atoms with E-state index in [0.717, 1.165) is 80.2 Å². The van der Waals surface area contributed by atoms with E-state index < -0.39 is 6.04 Å². The fourth-order valence-electron chi connectivity index (χ4n) is 8.25. The monoisotopic (exact) mass is 677 g/mol. The summed E-state index contributed by atoms with van der Waals surface area (Å²) in [5, 5.41) is 6.67. The normalized spacial score (nSPS) is 21.0. The second kappa shape index (κ2) is 15.4. The third kappa shape index (κ3) is 7.86. The van der Waals surface area contributed by atoms with Crippen molar-refractivity contribution in [1.82, 2.24) is 24.9 Å². The SMILES string of the molecule is CCc1cc(C[C@@H](NC(=O)N2CCC(N3CCc4ccccc4NC3=O)CC2)C(=O)N2CCC(C3CCN(C)CC3)CC2)cc(Cl)c1N. The number of nitrogens with two attached hydrogens (primary N) is 1. The smallest absolute Gasteiger partial charge is 0.322 e. The van der Waals surface area contributed by atoms with E-state index in [2.05, 4.69) is 28.6 Å². The second-order valence-electron chi connectivity index (χ2n) is 14.3. The van der Waals surface area contributed by atoms with E-state index in [1.165, 1.54) is 12.8 Å². The zero-order valence-electron chi connectivity index (χ0n) is 28.6. The molecule has 0 aliphatic carbocycles. The van der Waals surface area contributed by atoms with E-state index in [1.807, 2.05) is 47.1 Å². The molecule has 0 aromatic heterocycles. The van der Waals surface area contributed by atoms with Crippen LogP contribution in [0.15, 0.2) is 36.4 Å². The van der Waals surface area contributed by atoms with E-state index >= 15 is 0 Å². The number of aryl methyl sites for hydroxylation is 1. The van der Waals surface area contributed by atoms with Gasteiger partial charge in [-0.15, -0.1) is 0 Å². The Kier molecular flexibility index (Phi) is 11.0. The Balaban J connectivity index is 1.09. The number of urea groups is 2. The van der Waals surface area contributed by atoms with Gasteiger partial charge in [-0.3, -0.25) is 4.79 Å². The molecular weight excluding hydrogens is 626 g/mol. The first-order valence-electron chi connectivity index (χ1n) is 17.9. The Hall–Kier alpha value is -3.50. The van der Waals surface area contributed by atoms with Gasteiger partial charge < -0.3 is 36.0 Å². The Morgan fingerprint density at radius 1 is 0.938 bits per heavy atom. The first-order chi connectivity index (χ1) is 23.2. The number of para-hydroxylation sites is 1. The first kappa shape index (κ1) is 34.4. The number of hydrogen-bond acceptors (Lipinski definition) is 5. The number of nitrogen functional groups attached to an aromatic ring is 1. The molecule has 2 aromatic carbocycles. The van der Waals surface area contributed by atoms with Gasteiger partial charge in [0.1, 0.15) is 6.04 Å². The van der Waals surface area contributed by atoms with Crippen LogP contribution in [0.4, 0.5) is 21.0 Å². The number of likely N-dealkylation sites (tertiary alicyclic amines) is 3. The maximum Gasteiger partial charge on any atom is 0.322 e. The van der Waals surface area contributed by atoms with Gasteiger partial charge in [-0.25, -0.2) is 9.59 Å². The van der Waals surface area contributed by atoms with Gasteiger partial charge in [0, 0.05) is 50.9 Å². The molecule has 4 heterocycles. The highest BCUT2D eigenvalue weighted by Gasteiger charge is 2.36. The highest BCUT2D eigenvalue weighted by Crippen LogP contribution is 2.33. The lowest BCUT2D eigenvalue weighted by Crippen LogP contribution is -2.57. The molecule has 0 spiro atoms. The molecule has 0 unspecified atom stereocenters. The van der Waals surface area contributed by atoms with Crippen LogP contribution in [0.1, 0.15) is 62.1 Å². The fraction of sp³-hybridized carbons (Fsp3) is 0.595. The van der Waals surface area contributed by atoms with Crippen molar-refractivity contribution in [1.29, 1.82) is 0 Å². The lowest BCUT2D eigenvalue weighted by Gasteiger charge is -2.41. The summed E-state index contributed by atoms with van der Waals surface area (Å²) in [7, 11) is 2.19. The molecule has 6 rings (SSSR count). The molecule has 0 saturated carbocycles. The van der Waals surface area contributed by atoms with Crippen molar-refractivity contribution in [3.8, 4) is 0 Å². The predicted octanol–water partition coefficient (Wildman–Crippen LogP) is 5.24. The van der Waals surface area contributed by atoms with Crippen LogP contribution >= 0.6 is 11.6 Å². The number of carbonyl (C=O) groups is 3. The van der Waals surface area contributed by atoms with Crippen LogP contribution in [0, 0.1) is 11.8 Å². The molecule has 3 saturated heterocycles. The van der Waals surface area contributed by atoms with Gasteiger partial charge >= 0.3 is 12.1 Å². The van der Waals surface area contributed by atoms with E-state index in [0.29, 0.717) is 55.5 Å². The molecule has 2 aromatic rings. The summed E-state index contributed by atoms with van der Waals surface area (Å²) in [6, 6.07) is 10.8. The van der Waals surface area contributed by atoms with Crippen molar-refractivity contribution >= 4 is 40.9 Å². The summed E-state index contributed by atoms with van der Waals surface area (Å²) in [6.45, 7) is 7.46. The van der Waals surface area contributed by atoms with Crippen molar-refractivity contribution in [2.75, 3.05) is 63.9 Å². The van der Waals surface area contributed by atoms with Crippen LogP contribution in [0.2, 0.25) is 5.02 Å². The summed E-state index contributed by atoms with van der Waals surface area (Å²) in [5.74, 6) is 1.35. The number of carbonyl (C=O) groups excluding carboxylic acids is 3. The third-order valence-corrected chi connectivity index (χ3v) is 11.6. The third-order valence-electron chi connectivity index (χ3n) is 11.3. The van der Waals surface area contributed by atoms with Crippen molar-refractivity contribution in [3.63, 3.8) is 0 Å². The van der Waals surface area contributed by atoms with Crippen LogP contribution in [0.25, 0.3) is 0 Å². The van der Waals surface area contributed by atoms with Crippen LogP contribution in [0.5, 0.6) is 0 Å². The summed E-state index contributed by atoms with van der Waals surface area (Å²) >= 11 is 6.51. The highest BCUT2D eigenvalue weighted by molar-refractivity contribution is 6.33. The minimum Gasteiger partial charge on any atom is -0.397 e. The molecular formula is C37H52ClN7O3. The van der Waals surface area contributed by atoms with Crippen molar-refractivity contribution in [2.24, 2.45) is 11.8 Å². The largest absolute Gasteiger partial charge is 0.397 e. The number of nitrogens with zero attached hydrogens (tertiary/aromatic N) is 4. The Bertz CT molecular complexity index is 1460. The number of nitrogens with one attached hydrogen (secondary N) is 2. The Labute approximate surface area is 290 Å². The van der Waals surface area contributed by atoms with Crippen LogP contribution in [0.3, 0.4) is 0 Å². The minimum atomic E-state index is -0.714. The summed E-state index contributed by atoms with van der Waals surface area (Å²) in [5.41, 5.74) is 10.6. The number of benzene rings is 2. The summed E-state index contributed by atoms with van der Waals surface area (Å²) in [6.07, 6.45) is 7.73. The maximum atomic E-state index is 14.2. The molecule has 5 amide bonds. The number of halogens is 1. The molecule has 0 radical (unpaired) electrons.